The van der Waals surface area contributed by atoms with Crippen LogP contribution in [0, 0.1) is 0 Å². The maximum atomic E-state index is 8.94. The first-order valence-electron chi connectivity index (χ1n) is 5.36. The van der Waals surface area contributed by atoms with E-state index >= 15 is 0 Å². The number of unbranched alkanes of at least 4 members (excludes halogenated alkanes) is 2. The highest BCUT2D eigenvalue weighted by molar-refractivity contribution is 4.64. The Bertz CT molecular complexity index is 101. The molecule has 0 fully saturated rings. The van der Waals surface area contributed by atoms with Crippen molar-refractivity contribution >= 4 is 0 Å². The summed E-state index contributed by atoms with van der Waals surface area (Å²) in [6.07, 6.45) is 4.52. The van der Waals surface area contributed by atoms with Crippen LogP contribution in [-0.4, -0.2) is 35.9 Å². The lowest BCUT2D eigenvalue weighted by Crippen LogP contribution is -2.45. The number of hydrogen-bond acceptors (Lipinski definition) is 3. The van der Waals surface area contributed by atoms with E-state index in [1.54, 1.807) is 0 Å². The predicted octanol–water partition coefficient (Wildman–Crippen LogP) is 1.17. The van der Waals surface area contributed by atoms with E-state index in [1.165, 1.54) is 12.8 Å². The monoisotopic (exact) mass is 188 g/mol. The van der Waals surface area contributed by atoms with E-state index in [0.29, 0.717) is 0 Å². The molecule has 0 spiro atoms. The number of nitrogens with two attached hydrogens (primary N) is 1. The summed E-state index contributed by atoms with van der Waals surface area (Å²) in [5.41, 5.74) is 5.77. The molecule has 0 saturated carbocycles. The fourth-order valence-electron chi connectivity index (χ4n) is 1.28. The zero-order chi connectivity index (χ0) is 10.1. The molecule has 1 unspecified atom stereocenters. The number of hydrogen-bond donors (Lipinski definition) is 2. The van der Waals surface area contributed by atoms with Gasteiger partial charge in [0.25, 0.3) is 0 Å². The van der Waals surface area contributed by atoms with E-state index in [4.69, 9.17) is 10.8 Å². The van der Waals surface area contributed by atoms with Crippen molar-refractivity contribution in [3.8, 4) is 0 Å². The fourth-order valence-corrected chi connectivity index (χ4v) is 1.28. The fraction of sp³-hybridized carbons (Fsp3) is 1.00. The maximum absolute atomic E-state index is 8.94. The molecule has 13 heavy (non-hydrogen) atoms. The predicted molar refractivity (Wildman–Crippen MR) is 56.5 cm³/mol. The molecule has 0 saturated heterocycles. The van der Waals surface area contributed by atoms with Crippen molar-refractivity contribution in [1.29, 1.82) is 0 Å². The van der Waals surface area contributed by atoms with Gasteiger partial charge in [-0.05, 0) is 25.9 Å². The normalized spacial score (nSPS) is 13.6. The highest BCUT2D eigenvalue weighted by Gasteiger charge is 2.11. The summed E-state index contributed by atoms with van der Waals surface area (Å²) in [6.45, 7) is 6.43. The third-order valence-electron chi connectivity index (χ3n) is 2.25. The van der Waals surface area contributed by atoms with Crippen molar-refractivity contribution in [2.75, 3.05) is 19.7 Å². The maximum Gasteiger partial charge on any atom is 0.0810 e. The molecule has 0 radical (unpaired) electrons. The summed E-state index contributed by atoms with van der Waals surface area (Å²) in [7, 11) is 0. The van der Waals surface area contributed by atoms with Crippen LogP contribution in [0.4, 0.5) is 0 Å². The number of nitrogens with zero attached hydrogens (tertiary/aromatic N) is 1. The first-order chi connectivity index (χ1) is 6.26. The van der Waals surface area contributed by atoms with Gasteiger partial charge in [0, 0.05) is 0 Å². The van der Waals surface area contributed by atoms with Gasteiger partial charge >= 0.3 is 0 Å². The van der Waals surface area contributed by atoms with Gasteiger partial charge in [-0.25, -0.2) is 0 Å². The van der Waals surface area contributed by atoms with Crippen LogP contribution in [-0.2, 0) is 0 Å². The molecule has 0 rings (SSSR count). The van der Waals surface area contributed by atoms with Gasteiger partial charge in [-0.1, -0.05) is 26.7 Å². The van der Waals surface area contributed by atoms with Gasteiger partial charge in [0.05, 0.1) is 12.8 Å². The average Bonchev–Trinajstić information content (AvgIpc) is 2.17. The van der Waals surface area contributed by atoms with Crippen LogP contribution < -0.4 is 5.73 Å². The van der Waals surface area contributed by atoms with Crippen LogP contribution in [0.3, 0.4) is 0 Å². The molecule has 3 heteroatoms. The second-order valence-electron chi connectivity index (χ2n) is 3.49. The summed E-state index contributed by atoms with van der Waals surface area (Å²) < 4.78 is 0. The Kier molecular flexibility index (Phi) is 8.40. The standard InChI is InChI=1S/C10H24N2O/c1-3-5-7-12(8-6-4-2)10(11)9-13/h10,13H,3-9,11H2,1-2H3. The number of aliphatic hydroxyl groups excluding tert-OH is 1. The minimum Gasteiger partial charge on any atom is -0.393 e. The Morgan fingerprint density at radius 3 is 1.92 bits per heavy atom. The lowest BCUT2D eigenvalue weighted by Gasteiger charge is -2.27. The molecule has 1 atom stereocenters. The lowest BCUT2D eigenvalue weighted by molar-refractivity contribution is 0.123. The summed E-state index contributed by atoms with van der Waals surface area (Å²) in [5.74, 6) is 0. The van der Waals surface area contributed by atoms with Crippen LogP contribution >= 0.6 is 0 Å². The van der Waals surface area contributed by atoms with Gasteiger partial charge in [0.15, 0.2) is 0 Å². The molecule has 0 aromatic rings. The van der Waals surface area contributed by atoms with Crippen molar-refractivity contribution in [1.82, 2.24) is 4.90 Å². The van der Waals surface area contributed by atoms with Crippen LogP contribution in [0.2, 0.25) is 0 Å². The van der Waals surface area contributed by atoms with Gasteiger partial charge in [0.2, 0.25) is 0 Å². The van der Waals surface area contributed by atoms with E-state index in [0.717, 1.165) is 25.9 Å². The highest BCUT2D eigenvalue weighted by Crippen LogP contribution is 2.01. The smallest absolute Gasteiger partial charge is 0.0810 e. The molecular weight excluding hydrogens is 164 g/mol. The Labute approximate surface area is 81.9 Å². The quantitative estimate of drug-likeness (QED) is 0.562. The molecule has 80 valence electrons. The number of rotatable bonds is 8. The molecular formula is C10H24N2O. The molecule has 0 aliphatic heterocycles. The third kappa shape index (κ3) is 6.02. The number of aliphatic hydroxyl groups is 1. The van der Waals surface area contributed by atoms with Crippen molar-refractivity contribution in [3.63, 3.8) is 0 Å². The van der Waals surface area contributed by atoms with Gasteiger partial charge in [0.1, 0.15) is 0 Å². The lowest BCUT2D eigenvalue weighted by atomic mass is 10.2. The zero-order valence-corrected chi connectivity index (χ0v) is 9.00. The highest BCUT2D eigenvalue weighted by atomic mass is 16.3. The second-order valence-corrected chi connectivity index (χ2v) is 3.49. The molecule has 0 aliphatic carbocycles. The van der Waals surface area contributed by atoms with E-state index < -0.39 is 0 Å². The molecule has 0 amide bonds. The van der Waals surface area contributed by atoms with Gasteiger partial charge in [-0.2, -0.15) is 0 Å². The molecule has 3 N–H and O–H groups in total. The SMILES string of the molecule is CCCCN(CCCC)C(N)CO. The Morgan fingerprint density at radius 2 is 1.62 bits per heavy atom. The Hall–Kier alpha value is -0.120. The molecule has 0 heterocycles. The Balaban J connectivity index is 3.72. The van der Waals surface area contributed by atoms with E-state index in [1.807, 2.05) is 0 Å². The van der Waals surface area contributed by atoms with Crippen molar-refractivity contribution in [2.45, 2.75) is 45.7 Å². The van der Waals surface area contributed by atoms with Crippen LogP contribution in [0.5, 0.6) is 0 Å². The topological polar surface area (TPSA) is 49.5 Å². The third-order valence-corrected chi connectivity index (χ3v) is 2.25. The molecule has 0 bridgehead atoms. The molecule has 0 aromatic carbocycles. The van der Waals surface area contributed by atoms with Crippen molar-refractivity contribution in [3.05, 3.63) is 0 Å². The van der Waals surface area contributed by atoms with Crippen LogP contribution in [0.25, 0.3) is 0 Å². The van der Waals surface area contributed by atoms with Crippen molar-refractivity contribution < 1.29 is 5.11 Å². The van der Waals surface area contributed by atoms with Gasteiger partial charge in [-0.3, -0.25) is 4.90 Å². The van der Waals surface area contributed by atoms with Crippen LogP contribution in [0.15, 0.2) is 0 Å². The average molecular weight is 188 g/mol. The van der Waals surface area contributed by atoms with Gasteiger partial charge in [-0.15, -0.1) is 0 Å². The summed E-state index contributed by atoms with van der Waals surface area (Å²) in [5, 5.41) is 8.94. The molecule has 3 nitrogen and oxygen atoms in total. The largest absolute Gasteiger partial charge is 0.393 e. The Morgan fingerprint density at radius 1 is 1.15 bits per heavy atom. The summed E-state index contributed by atoms with van der Waals surface area (Å²) in [6, 6.07) is 0. The minimum absolute atomic E-state index is 0.0629. The minimum atomic E-state index is -0.168. The van der Waals surface area contributed by atoms with E-state index in [2.05, 4.69) is 18.7 Å². The molecule has 0 aromatic heterocycles. The first kappa shape index (κ1) is 12.9. The van der Waals surface area contributed by atoms with E-state index in [-0.39, 0.29) is 12.8 Å². The van der Waals surface area contributed by atoms with E-state index in [9.17, 15) is 0 Å². The summed E-state index contributed by atoms with van der Waals surface area (Å²) in [4.78, 5) is 2.17. The molecule has 0 aliphatic rings. The van der Waals surface area contributed by atoms with Crippen molar-refractivity contribution in [2.24, 2.45) is 5.73 Å². The van der Waals surface area contributed by atoms with Gasteiger partial charge < -0.3 is 10.8 Å². The second kappa shape index (κ2) is 8.48. The summed E-state index contributed by atoms with van der Waals surface area (Å²) >= 11 is 0. The first-order valence-corrected chi connectivity index (χ1v) is 5.36. The zero-order valence-electron chi connectivity index (χ0n) is 9.00. The van der Waals surface area contributed by atoms with Crippen LogP contribution in [0.1, 0.15) is 39.5 Å².